The van der Waals surface area contributed by atoms with Gasteiger partial charge in [-0.05, 0) is 77.3 Å². The molecule has 0 N–H and O–H groups in total. The molecule has 216 valence electrons. The van der Waals surface area contributed by atoms with Crippen LogP contribution in [0.25, 0.3) is 0 Å². The molecule has 0 aromatic heterocycles. The summed E-state index contributed by atoms with van der Waals surface area (Å²) in [6.07, 6.45) is 5.76. The van der Waals surface area contributed by atoms with Gasteiger partial charge in [0.25, 0.3) is 0 Å². The molecule has 0 bridgehead atoms. The Bertz CT molecular complexity index is 1120. The number of hydrogen-bond acceptors (Lipinski definition) is 11. The second-order valence-electron chi connectivity index (χ2n) is 10.4. The van der Waals surface area contributed by atoms with Crippen LogP contribution in [-0.4, -0.2) is 50.4 Å². The van der Waals surface area contributed by atoms with Crippen LogP contribution in [0, 0.1) is 23.2 Å². The average molecular weight is 590 g/mol. The summed E-state index contributed by atoms with van der Waals surface area (Å²) in [6.45, 7) is 3.41. The minimum Gasteiger partial charge on any atom is -0.459 e. The van der Waals surface area contributed by atoms with Gasteiger partial charge in [0.2, 0.25) is 0 Å². The van der Waals surface area contributed by atoms with Crippen molar-refractivity contribution in [3.8, 4) is 17.6 Å². The van der Waals surface area contributed by atoms with E-state index in [-0.39, 0.29) is 41.6 Å². The molecule has 1 aliphatic heterocycles. The van der Waals surface area contributed by atoms with Gasteiger partial charge in [-0.15, -0.1) is 0 Å². The van der Waals surface area contributed by atoms with Crippen molar-refractivity contribution >= 4 is 41.4 Å². The maximum absolute atomic E-state index is 13.1. The molecule has 1 aromatic carbocycles. The zero-order valence-corrected chi connectivity index (χ0v) is 24.9. The van der Waals surface area contributed by atoms with Gasteiger partial charge in [-0.3, -0.25) is 9.59 Å². The summed E-state index contributed by atoms with van der Waals surface area (Å²) in [7, 11) is 3.36. The predicted octanol–water partition coefficient (Wildman–Crippen LogP) is 5.79. The van der Waals surface area contributed by atoms with E-state index in [4.69, 9.17) is 23.7 Å². The Balaban J connectivity index is 1.59. The Morgan fingerprint density at radius 1 is 0.800 bits per heavy atom. The lowest BCUT2D eigenvalue weighted by molar-refractivity contribution is -0.142. The summed E-state index contributed by atoms with van der Waals surface area (Å²) in [5.74, 6) is -1.29. The van der Waals surface area contributed by atoms with E-state index in [1.54, 1.807) is 40.2 Å². The second-order valence-corrected chi connectivity index (χ2v) is 12.7. The molecule has 4 rings (SSSR count). The molecular formula is C29H35NO8S2. The fourth-order valence-corrected chi connectivity index (χ4v) is 7.65. The highest BCUT2D eigenvalue weighted by Gasteiger charge is 2.35. The molecule has 3 aliphatic rings. The van der Waals surface area contributed by atoms with Crippen LogP contribution in [0.15, 0.2) is 31.7 Å². The molecule has 11 heteroatoms. The van der Waals surface area contributed by atoms with E-state index >= 15 is 0 Å². The van der Waals surface area contributed by atoms with E-state index in [1.807, 2.05) is 6.07 Å². The minimum absolute atomic E-state index is 0.148. The van der Waals surface area contributed by atoms with Crippen LogP contribution in [0.4, 0.5) is 0 Å². The van der Waals surface area contributed by atoms with Crippen LogP contribution >= 0.6 is 23.5 Å². The van der Waals surface area contributed by atoms with Crippen molar-refractivity contribution in [1.82, 2.24) is 0 Å². The third kappa shape index (κ3) is 7.21. The molecule has 0 radical (unpaired) electrons. The Hall–Kier alpha value is -2.52. The fourth-order valence-electron chi connectivity index (χ4n) is 5.09. The van der Waals surface area contributed by atoms with Crippen molar-refractivity contribution in [3.63, 3.8) is 0 Å². The Morgan fingerprint density at radius 2 is 1.23 bits per heavy atom. The Labute approximate surface area is 243 Å². The zero-order chi connectivity index (χ0) is 28.8. The van der Waals surface area contributed by atoms with Crippen LogP contribution in [0.3, 0.4) is 0 Å². The summed E-state index contributed by atoms with van der Waals surface area (Å²) in [5, 5.41) is 9.78. The SMILES string of the molecule is COC1CCC(C(=O)Oc2ccc(OC(=O)C3CCC(OC)CC3)c3c2SC(=C(C#N)C(=O)OC(C)C)S3)CC1. The number of ether oxygens (including phenoxy) is 5. The van der Waals surface area contributed by atoms with E-state index in [0.717, 1.165) is 49.2 Å². The normalized spacial score (nSPS) is 24.1. The number of methoxy groups -OCH3 is 2. The number of carbonyl (C=O) groups is 3. The largest absolute Gasteiger partial charge is 0.459 e. The number of fused-ring (bicyclic) bond motifs is 1. The van der Waals surface area contributed by atoms with Gasteiger partial charge in [-0.2, -0.15) is 5.26 Å². The van der Waals surface area contributed by atoms with Gasteiger partial charge < -0.3 is 23.7 Å². The van der Waals surface area contributed by atoms with Crippen LogP contribution in [0.1, 0.15) is 65.2 Å². The monoisotopic (exact) mass is 589 g/mol. The first kappa shape index (κ1) is 30.4. The molecule has 0 saturated heterocycles. The zero-order valence-electron chi connectivity index (χ0n) is 23.2. The molecule has 0 unspecified atom stereocenters. The number of carbonyl (C=O) groups excluding carboxylic acids is 3. The number of esters is 3. The van der Waals surface area contributed by atoms with E-state index in [1.165, 1.54) is 0 Å². The van der Waals surface area contributed by atoms with Gasteiger partial charge >= 0.3 is 17.9 Å². The van der Waals surface area contributed by atoms with Crippen molar-refractivity contribution in [2.24, 2.45) is 11.8 Å². The molecular weight excluding hydrogens is 554 g/mol. The summed E-state index contributed by atoms with van der Waals surface area (Å²) in [5.41, 5.74) is -0.148. The molecule has 0 amide bonds. The Morgan fingerprint density at radius 3 is 1.57 bits per heavy atom. The van der Waals surface area contributed by atoms with E-state index in [9.17, 15) is 19.6 Å². The van der Waals surface area contributed by atoms with Crippen molar-refractivity contribution in [2.75, 3.05) is 14.2 Å². The number of rotatable bonds is 8. The van der Waals surface area contributed by atoms with Crippen LogP contribution in [0.2, 0.25) is 0 Å². The number of nitrogens with zero attached hydrogens (tertiary/aromatic N) is 1. The predicted molar refractivity (Wildman–Crippen MR) is 149 cm³/mol. The Kier molecular flexibility index (Phi) is 10.6. The first-order valence-corrected chi connectivity index (χ1v) is 15.2. The summed E-state index contributed by atoms with van der Waals surface area (Å²) < 4.78 is 28.2. The molecule has 0 atom stereocenters. The van der Waals surface area contributed by atoms with Crippen molar-refractivity contribution in [3.05, 3.63) is 21.9 Å². The van der Waals surface area contributed by atoms with Gasteiger partial charge in [-0.25, -0.2) is 4.79 Å². The first-order valence-electron chi connectivity index (χ1n) is 13.6. The van der Waals surface area contributed by atoms with Crippen molar-refractivity contribution in [2.45, 2.75) is 93.3 Å². The smallest absolute Gasteiger partial charge is 0.350 e. The van der Waals surface area contributed by atoms with Crippen LogP contribution < -0.4 is 9.47 Å². The quantitative estimate of drug-likeness (QED) is 0.158. The maximum Gasteiger partial charge on any atom is 0.350 e. The third-order valence-electron chi connectivity index (χ3n) is 7.40. The molecule has 1 aromatic rings. The van der Waals surface area contributed by atoms with Crippen LogP contribution in [-0.2, 0) is 28.6 Å². The average Bonchev–Trinajstić information content (AvgIpc) is 3.40. The molecule has 1 heterocycles. The van der Waals surface area contributed by atoms with Crippen molar-refractivity contribution < 1.29 is 38.1 Å². The highest BCUT2D eigenvalue weighted by molar-refractivity contribution is 8.24. The molecule has 9 nitrogen and oxygen atoms in total. The lowest BCUT2D eigenvalue weighted by atomic mass is 9.87. The summed E-state index contributed by atoms with van der Waals surface area (Å²) >= 11 is 2.28. The van der Waals surface area contributed by atoms with Crippen LogP contribution in [0.5, 0.6) is 11.5 Å². The highest BCUT2D eigenvalue weighted by atomic mass is 32.2. The highest BCUT2D eigenvalue weighted by Crippen LogP contribution is 2.59. The standard InChI is InChI=1S/C29H35NO8S2/c1-16(2)36-28(33)21(15-30)29-39-24-22(37-26(31)17-5-9-19(34-3)10-6-17)13-14-23(25(24)40-29)38-27(32)18-7-11-20(35-4)12-8-18/h13-14,16-20H,5-12H2,1-4H3. The number of thioether (sulfide) groups is 2. The van der Waals surface area contributed by atoms with Gasteiger partial charge in [-0.1, -0.05) is 23.5 Å². The van der Waals surface area contributed by atoms with Crippen molar-refractivity contribution in [1.29, 1.82) is 5.26 Å². The number of hydrogen-bond donors (Lipinski definition) is 0. The fraction of sp³-hybridized carbons (Fsp3) is 0.586. The topological polar surface area (TPSA) is 121 Å². The molecule has 2 saturated carbocycles. The molecule has 0 spiro atoms. The number of benzene rings is 1. The second kappa shape index (κ2) is 13.9. The summed E-state index contributed by atoms with van der Waals surface area (Å²) in [4.78, 5) is 39.8. The third-order valence-corrected chi connectivity index (χ3v) is 10.0. The first-order chi connectivity index (χ1) is 19.2. The minimum atomic E-state index is -0.734. The van der Waals surface area contributed by atoms with Gasteiger partial charge in [0.15, 0.2) is 5.57 Å². The lowest BCUT2D eigenvalue weighted by Gasteiger charge is -2.26. The van der Waals surface area contributed by atoms with E-state index < -0.39 is 12.1 Å². The number of nitriles is 1. The van der Waals surface area contributed by atoms with Gasteiger partial charge in [0.1, 0.15) is 17.6 Å². The summed E-state index contributed by atoms with van der Waals surface area (Å²) in [6, 6.07) is 5.17. The molecule has 2 fully saturated rings. The van der Waals surface area contributed by atoms with E-state index in [0.29, 0.717) is 51.2 Å². The van der Waals surface area contributed by atoms with E-state index in [2.05, 4.69) is 0 Å². The van der Waals surface area contributed by atoms with Gasteiger partial charge in [0.05, 0.1) is 44.2 Å². The molecule has 40 heavy (non-hydrogen) atoms. The molecule has 2 aliphatic carbocycles. The lowest BCUT2D eigenvalue weighted by Crippen LogP contribution is -2.28. The van der Waals surface area contributed by atoms with Gasteiger partial charge in [0, 0.05) is 14.2 Å². The maximum atomic E-state index is 13.1.